The third-order valence-corrected chi connectivity index (χ3v) is 28.7. The first-order valence-electron chi connectivity index (χ1n) is 49.6. The maximum Gasteiger partial charge on any atom is 0.270 e. The zero-order valence-corrected chi connectivity index (χ0v) is 84.0. The summed E-state index contributed by atoms with van der Waals surface area (Å²) in [6.45, 7) is 13.3. The molecular formula is C118H118Cl4N14O8. The van der Waals surface area contributed by atoms with Crippen LogP contribution in [0.15, 0.2) is 316 Å². The number of carbonyl (C=O) groups is 8. The van der Waals surface area contributed by atoms with Gasteiger partial charge in [-0.3, -0.25) is 48.3 Å². The number of halogens is 4. The van der Waals surface area contributed by atoms with Crippen molar-refractivity contribution in [2.75, 3.05) is 65.4 Å². The molecule has 10 aromatic carbocycles. The molecule has 4 aliphatic heterocycles. The molecule has 16 aromatic rings. The van der Waals surface area contributed by atoms with E-state index in [1.807, 2.05) is 319 Å². The Morgan fingerprint density at radius 1 is 0.278 bits per heavy atom. The Balaban J connectivity index is 0.000000132. The van der Waals surface area contributed by atoms with Crippen molar-refractivity contribution in [3.63, 3.8) is 0 Å². The van der Waals surface area contributed by atoms with Crippen LogP contribution < -0.4 is 21.3 Å². The Bertz CT molecular complexity index is 6730. The number of fused-ring (bicyclic) bond motifs is 4. The second-order valence-corrected chi connectivity index (χ2v) is 39.4. The third kappa shape index (κ3) is 26.2. The summed E-state index contributed by atoms with van der Waals surface area (Å²) in [7, 11) is 0. The van der Waals surface area contributed by atoms with Gasteiger partial charge in [0.25, 0.3) is 23.6 Å². The van der Waals surface area contributed by atoms with Crippen LogP contribution in [-0.2, 0) is 71.3 Å². The highest BCUT2D eigenvalue weighted by Gasteiger charge is 2.35. The normalized spacial score (nSPS) is 14.2. The molecule has 0 aliphatic carbocycles. The van der Waals surface area contributed by atoms with Gasteiger partial charge >= 0.3 is 0 Å². The fourth-order valence-corrected chi connectivity index (χ4v) is 20.2. The predicted molar refractivity (Wildman–Crippen MR) is 572 cm³/mol. The van der Waals surface area contributed by atoms with Gasteiger partial charge in [-0.1, -0.05) is 233 Å². The lowest BCUT2D eigenvalue weighted by atomic mass is 9.95. The van der Waals surface area contributed by atoms with Crippen molar-refractivity contribution in [1.29, 1.82) is 0 Å². The number of aryl methyl sites for hydroxylation is 2. The molecule has 6 aromatic heterocycles. The highest BCUT2D eigenvalue weighted by atomic mass is 35.5. The molecule has 0 radical (unpaired) electrons. The summed E-state index contributed by atoms with van der Waals surface area (Å²) >= 11 is 24.3. The first-order chi connectivity index (χ1) is 70.1. The van der Waals surface area contributed by atoms with Gasteiger partial charge in [0.15, 0.2) is 0 Å². The second kappa shape index (κ2) is 48.6. The minimum absolute atomic E-state index is 0.00849. The quantitative estimate of drug-likeness (QED) is 0.0399. The first-order valence-corrected chi connectivity index (χ1v) is 51.1. The van der Waals surface area contributed by atoms with Crippen molar-refractivity contribution < 1.29 is 38.4 Å². The summed E-state index contributed by atoms with van der Waals surface area (Å²) in [6.07, 6.45) is 12.1. The van der Waals surface area contributed by atoms with Gasteiger partial charge in [0, 0.05) is 223 Å². The largest absolute Gasteiger partial charge is 0.356 e. The van der Waals surface area contributed by atoms with E-state index >= 15 is 0 Å². The van der Waals surface area contributed by atoms with Gasteiger partial charge in [-0.15, -0.1) is 0 Å². The van der Waals surface area contributed by atoms with Crippen LogP contribution in [0.25, 0.3) is 43.6 Å². The zero-order valence-electron chi connectivity index (χ0n) is 81.0. The maximum atomic E-state index is 13.6. The molecule has 10 heterocycles. The molecule has 4 fully saturated rings. The number of hydrogen-bond acceptors (Lipinski definition) is 10. The number of carbonyl (C=O) groups excluding carboxylic acids is 8. The number of piperidine rings is 4. The first kappa shape index (κ1) is 101. The van der Waals surface area contributed by atoms with Crippen molar-refractivity contribution in [3.8, 4) is 0 Å². The predicted octanol–water partition coefficient (Wildman–Crippen LogP) is 21.5. The van der Waals surface area contributed by atoms with E-state index < -0.39 is 0 Å². The lowest BCUT2D eigenvalue weighted by Gasteiger charge is -2.31. The molecule has 20 rings (SSSR count). The Kier molecular flexibility index (Phi) is 34.1. The van der Waals surface area contributed by atoms with E-state index in [0.29, 0.717) is 205 Å². The van der Waals surface area contributed by atoms with Gasteiger partial charge in [-0.05, 0) is 232 Å². The van der Waals surface area contributed by atoms with E-state index in [1.54, 1.807) is 18.6 Å². The summed E-state index contributed by atoms with van der Waals surface area (Å²) in [5.74, 6) is 0.0499. The molecule has 0 atom stereocenters. The van der Waals surface area contributed by atoms with Crippen LogP contribution in [-0.4, -0.2) is 161 Å². The van der Waals surface area contributed by atoms with Gasteiger partial charge in [-0.2, -0.15) is 0 Å². The fraction of sp³-hybridized carbons (Fsp3) is 0.271. The summed E-state index contributed by atoms with van der Waals surface area (Å²) in [4.78, 5) is 121. The fourth-order valence-electron chi connectivity index (χ4n) is 19.7. The summed E-state index contributed by atoms with van der Waals surface area (Å²) in [5, 5.41) is 19.2. The number of aromatic nitrogens is 6. The Morgan fingerprint density at radius 3 is 0.840 bits per heavy atom. The topological polar surface area (TPSA) is 243 Å². The molecule has 0 spiro atoms. The van der Waals surface area contributed by atoms with Gasteiger partial charge in [0.1, 0.15) is 22.8 Å². The van der Waals surface area contributed by atoms with E-state index in [1.165, 1.54) is 11.1 Å². The number of nitrogens with zero attached hydrogens (tertiary/aromatic N) is 10. The number of nitrogens with one attached hydrogen (secondary N) is 4. The van der Waals surface area contributed by atoms with E-state index in [-0.39, 0.29) is 70.9 Å². The van der Waals surface area contributed by atoms with Gasteiger partial charge in [-0.25, -0.2) is 0 Å². The highest BCUT2D eigenvalue weighted by Crippen LogP contribution is 2.33. The monoisotopic (exact) mass is 2000 g/mol. The second-order valence-electron chi connectivity index (χ2n) is 37.6. The molecule has 0 saturated carbocycles. The standard InChI is InChI=1S/2C30H30ClN3O2.2C29H29ClN4O2/c2*1-21-5-4-6-23(17-21)19-32-29(35)24-13-15-33(16-14-24)30(36)28-18-25-7-2-3-8-27(25)34(28)20-22-9-11-26(31)12-10-22;30-24-10-8-21(9-11-24)20-34-26-7-2-1-5-23(26)19-27(34)29(36)33-17-13-22(14-18-33)28(35)32-16-12-25-6-3-4-15-31-25;30-25-7-5-22(6-8-25)20-34-26-4-2-1-3-24(26)19-27(34)29(36)33-17-12-23(13-18-33)28(35)32-16-11-21-9-14-31-15-10-21/h2*2-12,17-18,24H,13-16,19-20H2,1H3,(H,32,35);1-11,15,19,22H,12-14,16-18,20H2,(H,32,35);1-10,14-15,19,23H,11-13,16-18,20H2,(H,32,35). The van der Waals surface area contributed by atoms with Crippen molar-refractivity contribution in [2.45, 2.75) is 117 Å². The van der Waals surface area contributed by atoms with Crippen LogP contribution in [0, 0.1) is 37.5 Å². The average molecular weight is 2000 g/mol. The minimum atomic E-state index is -0.0716. The highest BCUT2D eigenvalue weighted by molar-refractivity contribution is 6.31. The number of amides is 8. The molecule has 26 heteroatoms. The number of pyridine rings is 2. The summed E-state index contributed by atoms with van der Waals surface area (Å²) in [5.41, 5.74) is 17.8. The minimum Gasteiger partial charge on any atom is -0.356 e. The number of para-hydroxylation sites is 4. The molecule has 4 aliphatic rings. The zero-order chi connectivity index (χ0) is 100.0. The van der Waals surface area contributed by atoms with E-state index in [2.05, 4.69) is 61.6 Å². The van der Waals surface area contributed by atoms with Crippen LogP contribution in [0.3, 0.4) is 0 Å². The summed E-state index contributed by atoms with van der Waals surface area (Å²) in [6, 6.07) is 97.1. The number of benzene rings is 10. The van der Waals surface area contributed by atoms with Crippen molar-refractivity contribution in [3.05, 3.63) is 414 Å². The van der Waals surface area contributed by atoms with Crippen LogP contribution in [0.2, 0.25) is 20.1 Å². The number of hydrogen-bond donors (Lipinski definition) is 4. The Hall–Kier alpha value is -14.4. The summed E-state index contributed by atoms with van der Waals surface area (Å²) < 4.78 is 8.33. The lowest BCUT2D eigenvalue weighted by Crippen LogP contribution is -2.43. The molecule has 0 bridgehead atoms. The van der Waals surface area contributed by atoms with Crippen LogP contribution >= 0.6 is 46.4 Å². The molecule has 4 saturated heterocycles. The molecule has 8 amide bonds. The third-order valence-electron chi connectivity index (χ3n) is 27.7. The Labute approximate surface area is 859 Å². The molecular weight excluding hydrogens is 1880 g/mol. The van der Waals surface area contributed by atoms with E-state index in [9.17, 15) is 38.4 Å². The smallest absolute Gasteiger partial charge is 0.270 e. The van der Waals surface area contributed by atoms with Crippen LogP contribution in [0.5, 0.6) is 0 Å². The van der Waals surface area contributed by atoms with Crippen molar-refractivity contribution in [1.82, 2.24) is 69.1 Å². The molecule has 736 valence electrons. The number of rotatable bonds is 26. The van der Waals surface area contributed by atoms with E-state index in [4.69, 9.17) is 46.4 Å². The molecule has 144 heavy (non-hydrogen) atoms. The van der Waals surface area contributed by atoms with Crippen molar-refractivity contribution in [2.24, 2.45) is 23.7 Å². The lowest BCUT2D eigenvalue weighted by molar-refractivity contribution is -0.127. The van der Waals surface area contributed by atoms with Crippen LogP contribution in [0.1, 0.15) is 149 Å². The molecule has 4 N–H and O–H groups in total. The van der Waals surface area contributed by atoms with Crippen LogP contribution in [0.4, 0.5) is 0 Å². The van der Waals surface area contributed by atoms with Gasteiger partial charge in [0.05, 0.1) is 0 Å². The van der Waals surface area contributed by atoms with Gasteiger partial charge in [0.2, 0.25) is 23.6 Å². The average Bonchev–Trinajstić information content (AvgIpc) is 1.65. The van der Waals surface area contributed by atoms with E-state index in [0.717, 1.165) is 94.7 Å². The van der Waals surface area contributed by atoms with Crippen molar-refractivity contribution >= 4 is 137 Å². The SMILES string of the molecule is Cc1cccc(CNC(=O)C2CCN(C(=O)c3cc4ccccc4n3Cc3ccc(Cl)cc3)CC2)c1.Cc1cccc(CNC(=O)C2CCN(C(=O)c3cc4ccccc4n3Cc3ccc(Cl)cc3)CC2)c1.O=C(NCCc1ccccn1)C1CCN(C(=O)c2cc3ccccc3n2Cc2ccc(Cl)cc2)CC1.O=C(NCCc1ccncc1)C1CCN(C(=O)c2cc3ccccc3n2Cc2ccc(Cl)cc2)CC1. The Morgan fingerprint density at radius 2 is 0.556 bits per heavy atom. The van der Waals surface area contributed by atoms with Gasteiger partial charge < -0.3 is 59.1 Å². The number of likely N-dealkylation sites (tertiary alicyclic amines) is 4. The maximum absolute atomic E-state index is 13.6. The molecule has 0 unspecified atom stereocenters. The molecule has 22 nitrogen and oxygen atoms in total.